The molecule has 0 saturated heterocycles. The van der Waals surface area contributed by atoms with Crippen LogP contribution in [0.4, 0.5) is 0 Å². The minimum atomic E-state index is -0.431. The SMILES string of the molecule is O=C(N/N=C/c1cc(Cl)cc(Cl)c1O)c1ccc2c(c1)OCCCO2. The molecule has 0 atom stereocenters. The summed E-state index contributed by atoms with van der Waals surface area (Å²) in [6.07, 6.45) is 2.04. The minimum Gasteiger partial charge on any atom is -0.506 e. The largest absolute Gasteiger partial charge is 0.506 e. The Morgan fingerprint density at radius 3 is 2.72 bits per heavy atom. The molecule has 2 N–H and O–H groups in total. The Morgan fingerprint density at radius 2 is 1.92 bits per heavy atom. The third-order valence-corrected chi connectivity index (χ3v) is 3.94. The standard InChI is InChI=1S/C17H14Cl2N2O4/c18-12-6-11(16(22)13(19)8-12)9-20-21-17(23)10-2-3-14-15(7-10)25-5-1-4-24-14/h2-3,6-9,22H,1,4-5H2,(H,21,23)/b20-9+. The van der Waals surface area contributed by atoms with Crippen molar-refractivity contribution < 1.29 is 19.4 Å². The molecule has 25 heavy (non-hydrogen) atoms. The molecule has 8 heteroatoms. The summed E-state index contributed by atoms with van der Waals surface area (Å²) in [5.41, 5.74) is 3.03. The van der Waals surface area contributed by atoms with E-state index >= 15 is 0 Å². The van der Waals surface area contributed by atoms with Gasteiger partial charge in [-0.25, -0.2) is 5.43 Å². The molecule has 6 nitrogen and oxygen atoms in total. The zero-order valence-corrected chi connectivity index (χ0v) is 14.5. The second-order valence-corrected chi connectivity index (χ2v) is 6.08. The Morgan fingerprint density at radius 1 is 1.16 bits per heavy atom. The van der Waals surface area contributed by atoms with Crippen LogP contribution in [0.15, 0.2) is 35.4 Å². The average molecular weight is 381 g/mol. The molecule has 2 aromatic rings. The van der Waals surface area contributed by atoms with E-state index in [0.717, 1.165) is 6.42 Å². The summed E-state index contributed by atoms with van der Waals surface area (Å²) in [7, 11) is 0. The zero-order chi connectivity index (χ0) is 17.8. The van der Waals surface area contributed by atoms with Crippen LogP contribution in [0.2, 0.25) is 10.0 Å². The average Bonchev–Trinajstić information content (AvgIpc) is 2.83. The lowest BCUT2D eigenvalue weighted by Crippen LogP contribution is -2.17. The fourth-order valence-corrected chi connectivity index (χ4v) is 2.72. The first-order valence-electron chi connectivity index (χ1n) is 7.45. The first-order chi connectivity index (χ1) is 12.0. The monoisotopic (exact) mass is 380 g/mol. The number of hydrogen-bond acceptors (Lipinski definition) is 5. The second kappa shape index (κ2) is 7.63. The number of hydrogen-bond donors (Lipinski definition) is 2. The van der Waals surface area contributed by atoms with Crippen molar-refractivity contribution in [2.75, 3.05) is 13.2 Å². The van der Waals surface area contributed by atoms with Crippen molar-refractivity contribution in [1.82, 2.24) is 5.43 Å². The lowest BCUT2D eigenvalue weighted by Gasteiger charge is -2.08. The molecule has 0 aromatic heterocycles. The fourth-order valence-electron chi connectivity index (χ4n) is 2.21. The van der Waals surface area contributed by atoms with E-state index in [1.807, 2.05) is 0 Å². The maximum absolute atomic E-state index is 12.2. The molecule has 1 aliphatic rings. The quantitative estimate of drug-likeness (QED) is 0.629. The highest BCUT2D eigenvalue weighted by atomic mass is 35.5. The van der Waals surface area contributed by atoms with Crippen molar-refractivity contribution in [2.24, 2.45) is 5.10 Å². The first-order valence-corrected chi connectivity index (χ1v) is 8.21. The van der Waals surface area contributed by atoms with Gasteiger partial charge in [0.15, 0.2) is 11.5 Å². The number of amides is 1. The van der Waals surface area contributed by atoms with E-state index in [9.17, 15) is 9.90 Å². The predicted octanol–water partition coefficient (Wildman–Crippen LogP) is 3.62. The van der Waals surface area contributed by atoms with Crippen molar-refractivity contribution in [2.45, 2.75) is 6.42 Å². The van der Waals surface area contributed by atoms with Gasteiger partial charge in [0.1, 0.15) is 5.75 Å². The van der Waals surface area contributed by atoms with E-state index in [-0.39, 0.29) is 16.3 Å². The molecule has 0 unspecified atom stereocenters. The van der Waals surface area contributed by atoms with Gasteiger partial charge in [-0.15, -0.1) is 0 Å². The molecule has 0 bridgehead atoms. The molecule has 0 radical (unpaired) electrons. The lowest BCUT2D eigenvalue weighted by molar-refractivity contribution is 0.0954. The Hall–Kier alpha value is -2.44. The highest BCUT2D eigenvalue weighted by Gasteiger charge is 2.14. The van der Waals surface area contributed by atoms with E-state index < -0.39 is 5.91 Å². The molecule has 1 heterocycles. The zero-order valence-electron chi connectivity index (χ0n) is 13.0. The van der Waals surface area contributed by atoms with Gasteiger partial charge in [-0.1, -0.05) is 23.2 Å². The van der Waals surface area contributed by atoms with Crippen molar-refractivity contribution in [3.05, 3.63) is 51.5 Å². The molecule has 2 aromatic carbocycles. The van der Waals surface area contributed by atoms with Gasteiger partial charge < -0.3 is 14.6 Å². The molecule has 0 aliphatic carbocycles. The van der Waals surface area contributed by atoms with Crippen molar-refractivity contribution in [3.8, 4) is 17.2 Å². The second-order valence-electron chi connectivity index (χ2n) is 5.24. The van der Waals surface area contributed by atoms with E-state index in [1.54, 1.807) is 18.2 Å². The number of aromatic hydroxyl groups is 1. The highest BCUT2D eigenvalue weighted by molar-refractivity contribution is 6.36. The molecule has 0 saturated carbocycles. The van der Waals surface area contributed by atoms with Crippen molar-refractivity contribution in [3.63, 3.8) is 0 Å². The number of carbonyl (C=O) groups is 1. The van der Waals surface area contributed by atoms with Gasteiger partial charge in [0.05, 0.1) is 24.5 Å². The van der Waals surface area contributed by atoms with Gasteiger partial charge in [0, 0.05) is 22.6 Å². The van der Waals surface area contributed by atoms with Gasteiger partial charge in [0.25, 0.3) is 5.91 Å². The van der Waals surface area contributed by atoms with Crippen LogP contribution in [0.5, 0.6) is 17.2 Å². The number of fused-ring (bicyclic) bond motifs is 1. The molecule has 3 rings (SSSR count). The molecule has 1 amide bonds. The maximum atomic E-state index is 12.2. The van der Waals surface area contributed by atoms with E-state index in [2.05, 4.69) is 10.5 Å². The summed E-state index contributed by atoms with van der Waals surface area (Å²) in [5.74, 6) is 0.531. The number of phenols is 1. The molecular formula is C17H14Cl2N2O4. The Kier molecular flexibility index (Phi) is 5.31. The Bertz CT molecular complexity index is 840. The van der Waals surface area contributed by atoms with Crippen LogP contribution < -0.4 is 14.9 Å². The van der Waals surface area contributed by atoms with Crippen LogP contribution in [0.3, 0.4) is 0 Å². The molecule has 0 fully saturated rings. The van der Waals surface area contributed by atoms with Gasteiger partial charge in [-0.05, 0) is 30.3 Å². The molecule has 1 aliphatic heterocycles. The van der Waals surface area contributed by atoms with E-state index in [1.165, 1.54) is 18.3 Å². The number of nitrogens with zero attached hydrogens (tertiary/aromatic N) is 1. The number of hydrazone groups is 1. The highest BCUT2D eigenvalue weighted by Crippen LogP contribution is 2.31. The van der Waals surface area contributed by atoms with Crippen LogP contribution in [0, 0.1) is 0 Å². The first kappa shape index (κ1) is 17.4. The Labute approximate surface area is 154 Å². The number of halogens is 2. The third kappa shape index (κ3) is 4.15. The van der Waals surface area contributed by atoms with Crippen molar-refractivity contribution >= 4 is 35.3 Å². The van der Waals surface area contributed by atoms with Crippen LogP contribution in [0.1, 0.15) is 22.3 Å². The lowest BCUT2D eigenvalue weighted by atomic mass is 10.2. The van der Waals surface area contributed by atoms with Crippen LogP contribution >= 0.6 is 23.2 Å². The summed E-state index contributed by atoms with van der Waals surface area (Å²) >= 11 is 11.7. The summed E-state index contributed by atoms with van der Waals surface area (Å²) in [6, 6.07) is 7.78. The van der Waals surface area contributed by atoms with Gasteiger partial charge in [0.2, 0.25) is 0 Å². The van der Waals surface area contributed by atoms with E-state index in [4.69, 9.17) is 32.7 Å². The number of rotatable bonds is 3. The summed E-state index contributed by atoms with van der Waals surface area (Å²) in [5, 5.41) is 14.1. The molecule has 0 spiro atoms. The van der Waals surface area contributed by atoms with Crippen molar-refractivity contribution in [1.29, 1.82) is 0 Å². The number of phenolic OH excluding ortho intramolecular Hbond substituents is 1. The van der Waals surface area contributed by atoms with Gasteiger partial charge in [-0.3, -0.25) is 4.79 Å². The van der Waals surface area contributed by atoms with Gasteiger partial charge >= 0.3 is 0 Å². The van der Waals surface area contributed by atoms with Crippen LogP contribution in [0.25, 0.3) is 0 Å². The number of carbonyl (C=O) groups excluding carboxylic acids is 1. The molecular weight excluding hydrogens is 367 g/mol. The minimum absolute atomic E-state index is 0.100. The van der Waals surface area contributed by atoms with Crippen LogP contribution in [-0.2, 0) is 0 Å². The third-order valence-electron chi connectivity index (χ3n) is 3.44. The topological polar surface area (TPSA) is 80.2 Å². The maximum Gasteiger partial charge on any atom is 0.271 e. The number of ether oxygens (including phenoxy) is 2. The van der Waals surface area contributed by atoms with E-state index in [0.29, 0.717) is 35.3 Å². The summed E-state index contributed by atoms with van der Waals surface area (Å²) < 4.78 is 11.1. The Balaban J connectivity index is 1.72. The summed E-state index contributed by atoms with van der Waals surface area (Å²) in [6.45, 7) is 1.11. The number of benzene rings is 2. The predicted molar refractivity (Wildman–Crippen MR) is 95.2 cm³/mol. The smallest absolute Gasteiger partial charge is 0.271 e. The normalized spacial score (nSPS) is 13.5. The summed E-state index contributed by atoms with van der Waals surface area (Å²) in [4.78, 5) is 12.2. The number of nitrogens with one attached hydrogen (secondary N) is 1. The van der Waals surface area contributed by atoms with Gasteiger partial charge in [-0.2, -0.15) is 5.10 Å². The van der Waals surface area contributed by atoms with Crippen LogP contribution in [-0.4, -0.2) is 30.4 Å². The fraction of sp³-hybridized carbons (Fsp3) is 0.176. The molecule has 130 valence electrons.